The van der Waals surface area contributed by atoms with Gasteiger partial charge in [-0.2, -0.15) is 0 Å². The van der Waals surface area contributed by atoms with Crippen LogP contribution in [0.15, 0.2) is 72.2 Å². The third-order valence-electron chi connectivity index (χ3n) is 5.97. The summed E-state index contributed by atoms with van der Waals surface area (Å²) in [6, 6.07) is 15.8. The molecule has 0 spiro atoms. The van der Waals surface area contributed by atoms with Gasteiger partial charge in [0, 0.05) is 17.4 Å². The number of aliphatic hydroxyl groups is 1. The minimum Gasteiger partial charge on any atom is -0.463 e. The van der Waals surface area contributed by atoms with Crippen molar-refractivity contribution in [1.82, 2.24) is 0 Å². The first-order chi connectivity index (χ1) is 18.9. The summed E-state index contributed by atoms with van der Waals surface area (Å²) in [6.07, 6.45) is 0.858. The second-order valence-corrected chi connectivity index (χ2v) is 11.6. The number of esters is 4. The van der Waals surface area contributed by atoms with Crippen LogP contribution in [0.25, 0.3) is 0 Å². The van der Waals surface area contributed by atoms with Gasteiger partial charge in [0.15, 0.2) is 6.10 Å². The molecule has 9 nitrogen and oxygen atoms in total. The van der Waals surface area contributed by atoms with E-state index in [4.69, 9.17) is 18.9 Å². The first kappa shape index (κ1) is 28.7. The first-order valence-corrected chi connectivity index (χ1v) is 14.9. The van der Waals surface area contributed by atoms with Gasteiger partial charge >= 0.3 is 23.9 Å². The molecule has 39 heavy (non-hydrogen) atoms. The number of hydrogen-bond acceptors (Lipinski definition) is 11. The van der Waals surface area contributed by atoms with Crippen molar-refractivity contribution in [2.45, 2.75) is 49.6 Å². The van der Waals surface area contributed by atoms with Crippen LogP contribution in [0.5, 0.6) is 0 Å². The molecule has 0 radical (unpaired) electrons. The molecule has 0 aliphatic carbocycles. The molecule has 2 aliphatic rings. The summed E-state index contributed by atoms with van der Waals surface area (Å²) in [5.74, 6) is -3.33. The Bertz CT molecular complexity index is 1190. The largest absolute Gasteiger partial charge is 0.463 e. The van der Waals surface area contributed by atoms with E-state index in [2.05, 4.69) is 0 Å². The predicted molar refractivity (Wildman–Crippen MR) is 145 cm³/mol. The summed E-state index contributed by atoms with van der Waals surface area (Å²) in [6.45, 7) is -0.516. The fourth-order valence-electron chi connectivity index (χ4n) is 3.90. The molecule has 11 heteroatoms. The second kappa shape index (κ2) is 14.2. The Morgan fingerprint density at radius 2 is 1.59 bits per heavy atom. The molecular formula is C28H28O9S2. The maximum Gasteiger partial charge on any atom is 0.379 e. The minimum atomic E-state index is -1.57. The van der Waals surface area contributed by atoms with E-state index in [1.54, 1.807) is 36.4 Å². The number of benzene rings is 2. The van der Waals surface area contributed by atoms with Gasteiger partial charge < -0.3 is 24.1 Å². The lowest BCUT2D eigenvalue weighted by Crippen LogP contribution is -2.34. The van der Waals surface area contributed by atoms with E-state index in [1.807, 2.05) is 21.6 Å². The van der Waals surface area contributed by atoms with Gasteiger partial charge in [-0.25, -0.2) is 14.4 Å². The Labute approximate surface area is 233 Å². The molecule has 2 aromatic carbocycles. The summed E-state index contributed by atoms with van der Waals surface area (Å²) in [5, 5.41) is 11.4. The minimum absolute atomic E-state index is 0.148. The number of carbonyl (C=O) groups is 4. The maximum atomic E-state index is 12.8. The Hall–Kier alpha value is -3.28. The zero-order chi connectivity index (χ0) is 27.6. The summed E-state index contributed by atoms with van der Waals surface area (Å²) < 4.78 is 21.0. The van der Waals surface area contributed by atoms with Gasteiger partial charge in [0.05, 0.1) is 11.1 Å². The van der Waals surface area contributed by atoms with Crippen molar-refractivity contribution in [1.29, 1.82) is 0 Å². The van der Waals surface area contributed by atoms with Crippen LogP contribution in [0, 0.1) is 0 Å². The number of carbonyl (C=O) groups excluding carboxylic acids is 4. The van der Waals surface area contributed by atoms with Crippen LogP contribution in [-0.4, -0.2) is 58.8 Å². The first-order valence-electron chi connectivity index (χ1n) is 12.5. The van der Waals surface area contributed by atoms with Gasteiger partial charge in [-0.3, -0.25) is 4.79 Å². The average molecular weight is 573 g/mol. The Kier molecular flexibility index (Phi) is 10.5. The number of ether oxygens (including phenoxy) is 4. The van der Waals surface area contributed by atoms with Gasteiger partial charge in [-0.1, -0.05) is 64.4 Å². The highest BCUT2D eigenvalue weighted by molar-refractivity contribution is 8.77. The molecule has 0 aromatic heterocycles. The third-order valence-corrected chi connectivity index (χ3v) is 8.97. The molecule has 4 rings (SSSR count). The molecule has 0 saturated carbocycles. The summed E-state index contributed by atoms with van der Waals surface area (Å²) in [4.78, 5) is 50.2. The summed E-state index contributed by atoms with van der Waals surface area (Å²) >= 11 is 0. The quantitative estimate of drug-likeness (QED) is 0.168. The molecule has 3 atom stereocenters. The van der Waals surface area contributed by atoms with Crippen molar-refractivity contribution in [3.8, 4) is 0 Å². The van der Waals surface area contributed by atoms with Crippen molar-refractivity contribution in [2.24, 2.45) is 0 Å². The lowest BCUT2D eigenvalue weighted by atomic mass is 10.1. The summed E-state index contributed by atoms with van der Waals surface area (Å²) in [7, 11) is 3.76. The van der Waals surface area contributed by atoms with Crippen molar-refractivity contribution in [2.75, 3.05) is 12.4 Å². The molecule has 3 unspecified atom stereocenters. The fourth-order valence-corrected chi connectivity index (χ4v) is 6.93. The third kappa shape index (κ3) is 8.11. The highest BCUT2D eigenvalue weighted by atomic mass is 33.1. The molecule has 0 bridgehead atoms. The number of cyclic esters (lactones) is 1. The number of aliphatic hydroxyl groups excluding tert-OH is 1. The molecular weight excluding hydrogens is 544 g/mol. The monoisotopic (exact) mass is 572 g/mol. The maximum absolute atomic E-state index is 12.8. The standard InChI is InChI=1S/C28H28O9S2/c29-21(17-34-22(30)14-8-7-13-20-15-16-38-39-20)23-24(36-26(31)18-9-3-1-4-10-18)25(28(33)35-23)37-27(32)19-11-5-2-6-12-19/h1-6,9-12,20-21,23,29H,7-8,13-17H2. The predicted octanol–water partition coefficient (Wildman–Crippen LogP) is 4.46. The second-order valence-electron chi connectivity index (χ2n) is 8.86. The molecule has 2 aliphatic heterocycles. The van der Waals surface area contributed by atoms with E-state index in [0.717, 1.165) is 18.6 Å². The molecule has 206 valence electrons. The SMILES string of the molecule is O=C(CCCCC1CCSS1)OCC(O)C1OC(=O)C(OC(=O)c2ccccc2)=C1OC(=O)c1ccccc1. The highest BCUT2D eigenvalue weighted by Crippen LogP contribution is 2.40. The lowest BCUT2D eigenvalue weighted by molar-refractivity contribution is -0.154. The zero-order valence-electron chi connectivity index (χ0n) is 21.0. The van der Waals surface area contributed by atoms with E-state index in [0.29, 0.717) is 11.7 Å². The van der Waals surface area contributed by atoms with Crippen molar-refractivity contribution in [3.05, 3.63) is 83.3 Å². The topological polar surface area (TPSA) is 125 Å². The van der Waals surface area contributed by atoms with Crippen LogP contribution in [0.3, 0.4) is 0 Å². The van der Waals surface area contributed by atoms with Crippen LogP contribution < -0.4 is 0 Å². The van der Waals surface area contributed by atoms with Crippen molar-refractivity contribution < 1.29 is 43.2 Å². The van der Waals surface area contributed by atoms with Gasteiger partial charge in [0.25, 0.3) is 5.76 Å². The fraction of sp³-hybridized carbons (Fsp3) is 0.357. The molecule has 1 N–H and O–H groups in total. The van der Waals surface area contributed by atoms with Crippen molar-refractivity contribution >= 4 is 45.5 Å². The number of unbranched alkanes of at least 4 members (excludes halogenated alkanes) is 1. The van der Waals surface area contributed by atoms with Crippen LogP contribution in [0.2, 0.25) is 0 Å². The molecule has 0 amide bonds. The van der Waals surface area contributed by atoms with Gasteiger partial charge in [-0.15, -0.1) is 0 Å². The Morgan fingerprint density at radius 1 is 0.949 bits per heavy atom. The molecule has 1 saturated heterocycles. The average Bonchev–Trinajstić information content (AvgIpc) is 3.59. The van der Waals surface area contributed by atoms with Crippen LogP contribution in [-0.2, 0) is 28.5 Å². The highest BCUT2D eigenvalue weighted by Gasteiger charge is 2.44. The van der Waals surface area contributed by atoms with Crippen molar-refractivity contribution in [3.63, 3.8) is 0 Å². The van der Waals surface area contributed by atoms with E-state index in [-0.39, 0.29) is 17.5 Å². The van der Waals surface area contributed by atoms with Gasteiger partial charge in [0.1, 0.15) is 12.7 Å². The summed E-state index contributed by atoms with van der Waals surface area (Å²) in [5.41, 5.74) is 0.307. The van der Waals surface area contributed by atoms with E-state index >= 15 is 0 Å². The van der Waals surface area contributed by atoms with Gasteiger partial charge in [0.2, 0.25) is 5.76 Å². The Morgan fingerprint density at radius 3 is 2.21 bits per heavy atom. The number of rotatable bonds is 12. The molecule has 2 heterocycles. The number of hydrogen-bond donors (Lipinski definition) is 1. The smallest absolute Gasteiger partial charge is 0.379 e. The van der Waals surface area contributed by atoms with Crippen LogP contribution >= 0.6 is 21.6 Å². The Balaban J connectivity index is 1.40. The van der Waals surface area contributed by atoms with E-state index in [1.165, 1.54) is 30.7 Å². The molecule has 2 aromatic rings. The molecule has 1 fully saturated rings. The van der Waals surface area contributed by atoms with Gasteiger partial charge in [-0.05, 0) is 43.5 Å². The van der Waals surface area contributed by atoms with E-state index < -0.39 is 54.2 Å². The van der Waals surface area contributed by atoms with E-state index in [9.17, 15) is 24.3 Å². The van der Waals surface area contributed by atoms with Crippen LogP contribution in [0.1, 0.15) is 52.8 Å². The normalized spacial score (nSPS) is 19.4. The van der Waals surface area contributed by atoms with Crippen LogP contribution in [0.4, 0.5) is 0 Å². The lowest BCUT2D eigenvalue weighted by Gasteiger charge is -2.19. The zero-order valence-corrected chi connectivity index (χ0v) is 22.6.